The zero-order chi connectivity index (χ0) is 14.6. The maximum absolute atomic E-state index is 5.98. The van der Waals surface area contributed by atoms with Crippen LogP contribution >= 0.6 is 11.6 Å². The van der Waals surface area contributed by atoms with Gasteiger partial charge in [-0.25, -0.2) is 0 Å². The van der Waals surface area contributed by atoms with Crippen LogP contribution in [0.3, 0.4) is 0 Å². The normalized spacial score (nSPS) is 27.7. The van der Waals surface area contributed by atoms with Gasteiger partial charge in [-0.3, -0.25) is 4.90 Å². The van der Waals surface area contributed by atoms with E-state index in [0.717, 1.165) is 24.7 Å². The summed E-state index contributed by atoms with van der Waals surface area (Å²) in [5.74, 6) is 0. The molecule has 0 radical (unpaired) electrons. The van der Waals surface area contributed by atoms with Crippen LogP contribution < -0.4 is 5.32 Å². The van der Waals surface area contributed by atoms with E-state index in [0.29, 0.717) is 6.04 Å². The number of nitrogens with one attached hydrogen (secondary N) is 1. The van der Waals surface area contributed by atoms with Crippen molar-refractivity contribution in [2.24, 2.45) is 0 Å². The van der Waals surface area contributed by atoms with Crippen molar-refractivity contribution in [1.29, 1.82) is 0 Å². The largest absolute Gasteiger partial charge is 0.311 e. The van der Waals surface area contributed by atoms with Gasteiger partial charge in [-0.05, 0) is 37.5 Å². The Hall–Kier alpha value is -0.570. The number of hydrogen-bond donors (Lipinski definition) is 1. The molecule has 3 heteroatoms. The lowest BCUT2D eigenvalue weighted by Gasteiger charge is -2.48. The summed E-state index contributed by atoms with van der Waals surface area (Å²) in [6, 6.07) is 8.91. The Morgan fingerprint density at radius 1 is 1.30 bits per heavy atom. The van der Waals surface area contributed by atoms with E-state index >= 15 is 0 Å². The SMILES string of the molecule is CCCC1CN(Cc2ccc(Cl)cc2)C(C)(CC)CN1. The van der Waals surface area contributed by atoms with Crippen molar-refractivity contribution in [3.05, 3.63) is 34.9 Å². The Kier molecular flexibility index (Phi) is 5.48. The topological polar surface area (TPSA) is 15.3 Å². The first kappa shape index (κ1) is 15.8. The molecule has 20 heavy (non-hydrogen) atoms. The molecule has 0 spiro atoms. The summed E-state index contributed by atoms with van der Waals surface area (Å²) in [7, 11) is 0. The molecule has 1 aliphatic heterocycles. The van der Waals surface area contributed by atoms with Gasteiger partial charge in [-0.1, -0.05) is 44.0 Å². The highest BCUT2D eigenvalue weighted by Gasteiger charge is 2.35. The maximum atomic E-state index is 5.98. The van der Waals surface area contributed by atoms with E-state index in [1.54, 1.807) is 0 Å². The molecule has 1 fully saturated rings. The van der Waals surface area contributed by atoms with Gasteiger partial charge in [0.2, 0.25) is 0 Å². The summed E-state index contributed by atoms with van der Waals surface area (Å²) < 4.78 is 0. The Morgan fingerprint density at radius 2 is 2.00 bits per heavy atom. The molecule has 1 N–H and O–H groups in total. The van der Waals surface area contributed by atoms with E-state index in [4.69, 9.17) is 11.6 Å². The zero-order valence-corrected chi connectivity index (χ0v) is 13.7. The van der Waals surface area contributed by atoms with E-state index in [1.807, 2.05) is 12.1 Å². The summed E-state index contributed by atoms with van der Waals surface area (Å²) in [5.41, 5.74) is 1.61. The molecule has 2 atom stereocenters. The lowest BCUT2D eigenvalue weighted by atomic mass is 9.90. The second kappa shape index (κ2) is 6.93. The minimum Gasteiger partial charge on any atom is -0.311 e. The molecule has 1 aromatic rings. The third kappa shape index (κ3) is 3.75. The Morgan fingerprint density at radius 3 is 2.60 bits per heavy atom. The molecule has 0 saturated carbocycles. The highest BCUT2D eigenvalue weighted by Crippen LogP contribution is 2.26. The standard InChI is InChI=1S/C17H27ClN2/c1-4-6-16-12-20(17(3,5-2)13-19-16)11-14-7-9-15(18)10-8-14/h7-10,16,19H,4-6,11-13H2,1-3H3. The fraction of sp³-hybridized carbons (Fsp3) is 0.647. The third-order valence-corrected chi connectivity index (χ3v) is 4.91. The summed E-state index contributed by atoms with van der Waals surface area (Å²) in [6.45, 7) is 10.2. The van der Waals surface area contributed by atoms with E-state index in [9.17, 15) is 0 Å². The smallest absolute Gasteiger partial charge is 0.0406 e. The molecule has 1 heterocycles. The molecule has 2 unspecified atom stereocenters. The zero-order valence-electron chi connectivity index (χ0n) is 13.0. The van der Waals surface area contributed by atoms with Crippen LogP contribution in [-0.4, -0.2) is 29.6 Å². The molecule has 0 aliphatic carbocycles. The van der Waals surface area contributed by atoms with Gasteiger partial charge in [0.1, 0.15) is 0 Å². The second-order valence-electron chi connectivity index (χ2n) is 6.22. The average molecular weight is 295 g/mol. The van der Waals surface area contributed by atoms with Crippen LogP contribution in [0, 0.1) is 0 Å². The summed E-state index contributed by atoms with van der Waals surface area (Å²) >= 11 is 5.98. The van der Waals surface area contributed by atoms with Crippen LogP contribution in [0.5, 0.6) is 0 Å². The predicted molar refractivity (Wildman–Crippen MR) is 87.3 cm³/mol. The summed E-state index contributed by atoms with van der Waals surface area (Å²) in [6.07, 6.45) is 3.68. The van der Waals surface area contributed by atoms with Crippen LogP contribution in [-0.2, 0) is 6.54 Å². The summed E-state index contributed by atoms with van der Waals surface area (Å²) in [4.78, 5) is 2.65. The van der Waals surface area contributed by atoms with Crippen LogP contribution in [0.2, 0.25) is 5.02 Å². The molecule has 1 aliphatic rings. The van der Waals surface area contributed by atoms with Crippen LogP contribution in [0.15, 0.2) is 24.3 Å². The highest BCUT2D eigenvalue weighted by atomic mass is 35.5. The third-order valence-electron chi connectivity index (χ3n) is 4.66. The Balaban J connectivity index is 2.09. The molecule has 0 bridgehead atoms. The monoisotopic (exact) mass is 294 g/mol. The lowest BCUT2D eigenvalue weighted by molar-refractivity contribution is 0.0397. The van der Waals surface area contributed by atoms with Crippen molar-refractivity contribution < 1.29 is 0 Å². The minimum absolute atomic E-state index is 0.254. The van der Waals surface area contributed by atoms with Crippen molar-refractivity contribution in [3.63, 3.8) is 0 Å². The molecule has 2 rings (SSSR count). The van der Waals surface area contributed by atoms with Gasteiger partial charge in [0, 0.05) is 36.2 Å². The number of hydrogen-bond acceptors (Lipinski definition) is 2. The van der Waals surface area contributed by atoms with Gasteiger partial charge in [0.05, 0.1) is 0 Å². The lowest BCUT2D eigenvalue weighted by Crippen LogP contribution is -2.62. The van der Waals surface area contributed by atoms with Crippen molar-refractivity contribution in [1.82, 2.24) is 10.2 Å². The van der Waals surface area contributed by atoms with Crippen LogP contribution in [0.4, 0.5) is 0 Å². The van der Waals surface area contributed by atoms with Crippen LogP contribution in [0.1, 0.15) is 45.6 Å². The molecular weight excluding hydrogens is 268 g/mol. The quantitative estimate of drug-likeness (QED) is 0.880. The molecule has 1 aromatic carbocycles. The first-order valence-electron chi connectivity index (χ1n) is 7.80. The number of halogens is 1. The predicted octanol–water partition coefficient (Wildman–Crippen LogP) is 4.08. The first-order chi connectivity index (χ1) is 9.57. The molecular formula is C17H27ClN2. The fourth-order valence-corrected chi connectivity index (χ4v) is 3.11. The van der Waals surface area contributed by atoms with Gasteiger partial charge in [0.15, 0.2) is 0 Å². The molecule has 112 valence electrons. The van der Waals surface area contributed by atoms with E-state index in [1.165, 1.54) is 24.8 Å². The summed E-state index contributed by atoms with van der Waals surface area (Å²) in [5, 5.41) is 4.54. The maximum Gasteiger partial charge on any atom is 0.0406 e. The minimum atomic E-state index is 0.254. The highest BCUT2D eigenvalue weighted by molar-refractivity contribution is 6.30. The molecule has 0 aromatic heterocycles. The van der Waals surface area contributed by atoms with E-state index in [-0.39, 0.29) is 5.54 Å². The molecule has 2 nitrogen and oxygen atoms in total. The Labute approximate surface area is 128 Å². The average Bonchev–Trinajstić information content (AvgIpc) is 2.45. The van der Waals surface area contributed by atoms with Crippen LogP contribution in [0.25, 0.3) is 0 Å². The van der Waals surface area contributed by atoms with Crippen molar-refractivity contribution >= 4 is 11.6 Å². The van der Waals surface area contributed by atoms with E-state index in [2.05, 4.69) is 43.1 Å². The van der Waals surface area contributed by atoms with Crippen molar-refractivity contribution in [3.8, 4) is 0 Å². The van der Waals surface area contributed by atoms with Gasteiger partial charge in [-0.2, -0.15) is 0 Å². The van der Waals surface area contributed by atoms with Crippen molar-refractivity contribution in [2.75, 3.05) is 13.1 Å². The van der Waals surface area contributed by atoms with Crippen molar-refractivity contribution in [2.45, 2.75) is 58.2 Å². The van der Waals surface area contributed by atoms with Gasteiger partial charge < -0.3 is 5.32 Å². The number of rotatable bonds is 5. The molecule has 1 saturated heterocycles. The number of piperazine rings is 1. The van der Waals surface area contributed by atoms with Gasteiger partial charge >= 0.3 is 0 Å². The first-order valence-corrected chi connectivity index (χ1v) is 8.18. The Bertz CT molecular complexity index is 418. The second-order valence-corrected chi connectivity index (χ2v) is 6.66. The van der Waals surface area contributed by atoms with E-state index < -0.39 is 0 Å². The molecule has 0 amide bonds. The van der Waals surface area contributed by atoms with Gasteiger partial charge in [0.25, 0.3) is 0 Å². The number of benzene rings is 1. The van der Waals surface area contributed by atoms with Gasteiger partial charge in [-0.15, -0.1) is 0 Å². The fourth-order valence-electron chi connectivity index (χ4n) is 2.98. The number of nitrogens with zero attached hydrogens (tertiary/aromatic N) is 1.